The summed E-state index contributed by atoms with van der Waals surface area (Å²) in [6.07, 6.45) is 0. The van der Waals surface area contributed by atoms with Crippen molar-refractivity contribution in [3.05, 3.63) is 94.1 Å². The van der Waals surface area contributed by atoms with Crippen LogP contribution in [0.4, 0.5) is 11.4 Å². The van der Waals surface area contributed by atoms with Gasteiger partial charge in [0.1, 0.15) is 11.4 Å². The van der Waals surface area contributed by atoms with Gasteiger partial charge >= 0.3 is 0 Å². The van der Waals surface area contributed by atoms with Gasteiger partial charge in [0, 0.05) is 10.7 Å². The molecular weight excluding hydrogens is 424 g/mol. The van der Waals surface area contributed by atoms with Crippen molar-refractivity contribution in [3.8, 4) is 5.75 Å². The number of nitrogens with one attached hydrogen (secondary N) is 1. The van der Waals surface area contributed by atoms with Gasteiger partial charge in [0.05, 0.1) is 17.9 Å². The Bertz CT molecular complexity index is 1230. The second kappa shape index (κ2) is 8.89. The quantitative estimate of drug-likeness (QED) is 0.489. The first-order valence-electron chi connectivity index (χ1n) is 10.4. The molecule has 1 heterocycles. The second-order valence-corrected chi connectivity index (χ2v) is 7.94. The predicted octanol–water partition coefficient (Wildman–Crippen LogP) is 5.75. The zero-order valence-electron chi connectivity index (χ0n) is 18.1. The lowest BCUT2D eigenvalue weighted by atomic mass is 10.0. The van der Waals surface area contributed by atoms with E-state index in [1.54, 1.807) is 48.5 Å². The molecule has 1 N–H and O–H groups in total. The Morgan fingerprint density at radius 2 is 1.66 bits per heavy atom. The number of anilines is 2. The average molecular weight is 447 g/mol. The molecule has 0 aliphatic carbocycles. The molecule has 3 aromatic rings. The third kappa shape index (κ3) is 3.99. The van der Waals surface area contributed by atoms with Gasteiger partial charge in [-0.25, -0.2) is 4.90 Å². The Morgan fingerprint density at radius 3 is 2.34 bits per heavy atom. The molecule has 32 heavy (non-hydrogen) atoms. The van der Waals surface area contributed by atoms with Gasteiger partial charge in [-0.1, -0.05) is 41.9 Å². The highest BCUT2D eigenvalue weighted by atomic mass is 35.5. The Kier molecular flexibility index (Phi) is 6.01. The molecule has 0 bridgehead atoms. The standard InChI is InChI=1S/C26H23ClN2O3/c1-4-32-21-13-11-18(12-14-21)23-24(28-22-10-5-7-16(2)17(22)3)26(31)29(25(23)30)20-9-6-8-19(27)15-20/h5-15,28H,4H2,1-3H3. The van der Waals surface area contributed by atoms with Crippen LogP contribution in [0.1, 0.15) is 23.6 Å². The van der Waals surface area contributed by atoms with Crippen molar-refractivity contribution in [2.75, 3.05) is 16.8 Å². The fourth-order valence-electron chi connectivity index (χ4n) is 3.67. The minimum Gasteiger partial charge on any atom is -0.494 e. The largest absolute Gasteiger partial charge is 0.494 e. The highest BCUT2D eigenvalue weighted by molar-refractivity contribution is 6.46. The number of hydrogen-bond acceptors (Lipinski definition) is 4. The van der Waals surface area contributed by atoms with Gasteiger partial charge in [-0.2, -0.15) is 0 Å². The molecule has 0 fully saturated rings. The summed E-state index contributed by atoms with van der Waals surface area (Å²) in [4.78, 5) is 28.2. The highest BCUT2D eigenvalue weighted by Gasteiger charge is 2.40. The number of amides is 2. The number of imide groups is 1. The summed E-state index contributed by atoms with van der Waals surface area (Å²) >= 11 is 6.13. The molecule has 162 valence electrons. The molecule has 1 aliphatic heterocycles. The molecule has 0 aromatic heterocycles. The van der Waals surface area contributed by atoms with E-state index in [1.165, 1.54) is 0 Å². The topological polar surface area (TPSA) is 58.6 Å². The molecule has 0 saturated heterocycles. The van der Waals surface area contributed by atoms with Gasteiger partial charge in [0.15, 0.2) is 0 Å². The summed E-state index contributed by atoms with van der Waals surface area (Å²) in [5.74, 6) is -0.138. The zero-order valence-corrected chi connectivity index (χ0v) is 18.9. The molecule has 0 radical (unpaired) electrons. The monoisotopic (exact) mass is 446 g/mol. The van der Waals surface area contributed by atoms with E-state index in [4.69, 9.17) is 16.3 Å². The third-order valence-electron chi connectivity index (χ3n) is 5.47. The Balaban J connectivity index is 1.82. The summed E-state index contributed by atoms with van der Waals surface area (Å²) in [6.45, 7) is 6.43. The Hall–Kier alpha value is -3.57. The van der Waals surface area contributed by atoms with Gasteiger partial charge in [0.2, 0.25) is 0 Å². The van der Waals surface area contributed by atoms with Crippen molar-refractivity contribution >= 4 is 40.4 Å². The normalized spacial score (nSPS) is 13.7. The maximum absolute atomic E-state index is 13.5. The van der Waals surface area contributed by atoms with Crippen molar-refractivity contribution in [2.45, 2.75) is 20.8 Å². The molecule has 3 aromatic carbocycles. The van der Waals surface area contributed by atoms with E-state index in [-0.39, 0.29) is 5.70 Å². The van der Waals surface area contributed by atoms with Crippen LogP contribution < -0.4 is 15.0 Å². The van der Waals surface area contributed by atoms with E-state index >= 15 is 0 Å². The van der Waals surface area contributed by atoms with Crippen LogP contribution in [0.25, 0.3) is 5.57 Å². The lowest BCUT2D eigenvalue weighted by Crippen LogP contribution is -2.32. The molecule has 1 aliphatic rings. The highest BCUT2D eigenvalue weighted by Crippen LogP contribution is 2.35. The molecule has 0 unspecified atom stereocenters. The number of carbonyl (C=O) groups excluding carboxylic acids is 2. The van der Waals surface area contributed by atoms with Crippen LogP contribution in [0.15, 0.2) is 72.4 Å². The fraction of sp³-hybridized carbons (Fsp3) is 0.154. The fourth-order valence-corrected chi connectivity index (χ4v) is 3.85. The number of rotatable bonds is 6. The van der Waals surface area contributed by atoms with E-state index in [1.807, 2.05) is 39.0 Å². The smallest absolute Gasteiger partial charge is 0.282 e. The van der Waals surface area contributed by atoms with E-state index in [9.17, 15) is 9.59 Å². The minimum absolute atomic E-state index is 0.229. The van der Waals surface area contributed by atoms with Crippen LogP contribution in [0, 0.1) is 13.8 Å². The van der Waals surface area contributed by atoms with Crippen molar-refractivity contribution in [1.82, 2.24) is 0 Å². The van der Waals surface area contributed by atoms with Gasteiger partial charge in [-0.15, -0.1) is 0 Å². The summed E-state index contributed by atoms with van der Waals surface area (Å²) in [5, 5.41) is 3.68. The maximum Gasteiger partial charge on any atom is 0.282 e. The molecule has 0 spiro atoms. The van der Waals surface area contributed by atoms with E-state index < -0.39 is 11.8 Å². The van der Waals surface area contributed by atoms with Gasteiger partial charge in [-0.3, -0.25) is 9.59 Å². The first-order valence-corrected chi connectivity index (χ1v) is 10.7. The predicted molar refractivity (Wildman–Crippen MR) is 128 cm³/mol. The molecular formula is C26H23ClN2O3. The number of halogens is 1. The van der Waals surface area contributed by atoms with Crippen LogP contribution in [-0.4, -0.2) is 18.4 Å². The lowest BCUT2D eigenvalue weighted by Gasteiger charge is -2.16. The van der Waals surface area contributed by atoms with Crippen LogP contribution >= 0.6 is 11.6 Å². The number of aryl methyl sites for hydroxylation is 1. The Labute approximate surface area is 192 Å². The molecule has 2 amide bonds. The van der Waals surface area contributed by atoms with E-state index in [0.717, 1.165) is 21.7 Å². The van der Waals surface area contributed by atoms with Crippen LogP contribution in [-0.2, 0) is 9.59 Å². The summed E-state index contributed by atoms with van der Waals surface area (Å²) in [6, 6.07) is 19.7. The minimum atomic E-state index is -0.429. The number of ether oxygens (including phenoxy) is 1. The van der Waals surface area contributed by atoms with Gasteiger partial charge in [0.25, 0.3) is 11.8 Å². The molecule has 5 nitrogen and oxygen atoms in total. The summed E-state index contributed by atoms with van der Waals surface area (Å²) in [5.41, 5.74) is 4.45. The SMILES string of the molecule is CCOc1ccc(C2=C(Nc3cccc(C)c3C)C(=O)N(c3cccc(Cl)c3)C2=O)cc1. The summed E-state index contributed by atoms with van der Waals surface area (Å²) < 4.78 is 5.52. The van der Waals surface area contributed by atoms with E-state index in [2.05, 4.69) is 5.32 Å². The van der Waals surface area contributed by atoms with Gasteiger partial charge < -0.3 is 10.1 Å². The molecule has 6 heteroatoms. The van der Waals surface area contributed by atoms with Crippen LogP contribution in [0.5, 0.6) is 5.75 Å². The third-order valence-corrected chi connectivity index (χ3v) is 5.70. The molecule has 0 atom stereocenters. The van der Waals surface area contributed by atoms with E-state index in [0.29, 0.717) is 34.2 Å². The van der Waals surface area contributed by atoms with Crippen LogP contribution in [0.2, 0.25) is 5.02 Å². The van der Waals surface area contributed by atoms with Crippen molar-refractivity contribution in [3.63, 3.8) is 0 Å². The molecule has 0 saturated carbocycles. The van der Waals surface area contributed by atoms with Crippen molar-refractivity contribution in [2.24, 2.45) is 0 Å². The average Bonchev–Trinajstić information content (AvgIpc) is 3.01. The number of hydrogen-bond donors (Lipinski definition) is 1. The van der Waals surface area contributed by atoms with Crippen molar-refractivity contribution in [1.29, 1.82) is 0 Å². The lowest BCUT2D eigenvalue weighted by molar-refractivity contribution is -0.120. The Morgan fingerprint density at radius 1 is 0.938 bits per heavy atom. The first kappa shape index (κ1) is 21.7. The second-order valence-electron chi connectivity index (χ2n) is 7.51. The maximum atomic E-state index is 13.5. The zero-order chi connectivity index (χ0) is 22.8. The van der Waals surface area contributed by atoms with Crippen LogP contribution in [0.3, 0.4) is 0 Å². The summed E-state index contributed by atoms with van der Waals surface area (Å²) in [7, 11) is 0. The number of nitrogens with zero attached hydrogens (tertiary/aromatic N) is 1. The number of benzene rings is 3. The number of carbonyl (C=O) groups is 2. The molecule has 4 rings (SSSR count). The first-order chi connectivity index (χ1) is 15.4. The van der Waals surface area contributed by atoms with Gasteiger partial charge in [-0.05, 0) is 73.9 Å². The van der Waals surface area contributed by atoms with Crippen molar-refractivity contribution < 1.29 is 14.3 Å².